The molecule has 2 saturated heterocycles. The van der Waals surface area contributed by atoms with Gasteiger partial charge in [0.15, 0.2) is 0 Å². The normalized spacial score (nSPS) is 35.1. The summed E-state index contributed by atoms with van der Waals surface area (Å²) in [6.07, 6.45) is 6.41. The first kappa shape index (κ1) is 23.9. The number of amides is 1. The number of likely N-dealkylation sites (N-methyl/N-ethyl adjacent to an activating group) is 1. The van der Waals surface area contributed by atoms with Crippen molar-refractivity contribution in [3.63, 3.8) is 0 Å². The van der Waals surface area contributed by atoms with Crippen LogP contribution in [0.2, 0.25) is 0 Å². The van der Waals surface area contributed by atoms with Gasteiger partial charge in [0.1, 0.15) is 0 Å². The summed E-state index contributed by atoms with van der Waals surface area (Å²) >= 11 is 0. The Morgan fingerprint density at radius 3 is 2.67 bits per heavy atom. The molecule has 1 saturated carbocycles. The van der Waals surface area contributed by atoms with Crippen LogP contribution in [0.25, 0.3) is 0 Å². The van der Waals surface area contributed by atoms with E-state index in [2.05, 4.69) is 48.5 Å². The topological polar surface area (TPSA) is 76.9 Å². The molecule has 0 aromatic carbocycles. The van der Waals surface area contributed by atoms with E-state index >= 15 is 0 Å². The molecule has 3 aliphatic rings. The third kappa shape index (κ3) is 5.36. The van der Waals surface area contributed by atoms with E-state index in [9.17, 15) is 4.79 Å². The Morgan fingerprint density at radius 2 is 2.00 bits per heavy atom. The van der Waals surface area contributed by atoms with Crippen molar-refractivity contribution in [1.82, 2.24) is 25.6 Å². The molecule has 0 radical (unpaired) electrons. The first-order chi connectivity index (χ1) is 14.3. The number of carbonyl (C=O) groups excluding carboxylic acids is 1. The summed E-state index contributed by atoms with van der Waals surface area (Å²) in [4.78, 5) is 17.6. The average molecular weight is 423 g/mol. The zero-order valence-electron chi connectivity index (χ0n) is 19.9. The van der Waals surface area contributed by atoms with Gasteiger partial charge in [-0.15, -0.1) is 0 Å². The number of nitrogens with two attached hydrogens (primary N) is 1. The van der Waals surface area contributed by atoms with Gasteiger partial charge in [-0.3, -0.25) is 15.5 Å². The Balaban J connectivity index is 1.72. The molecule has 30 heavy (non-hydrogen) atoms. The lowest BCUT2D eigenvalue weighted by Crippen LogP contribution is -2.61. The van der Waals surface area contributed by atoms with E-state index in [1.165, 1.54) is 25.7 Å². The molecule has 0 bridgehead atoms. The first-order valence-electron chi connectivity index (χ1n) is 12.3. The van der Waals surface area contributed by atoms with Crippen molar-refractivity contribution in [2.24, 2.45) is 29.4 Å². The number of nitrogens with one attached hydrogen (secondary N) is 2. The Morgan fingerprint density at radius 1 is 1.23 bits per heavy atom. The number of carbonyl (C=O) groups is 1. The molecule has 2 heterocycles. The Labute approximate surface area is 184 Å². The summed E-state index contributed by atoms with van der Waals surface area (Å²) < 4.78 is 0. The minimum atomic E-state index is 0.114. The van der Waals surface area contributed by atoms with Crippen LogP contribution < -0.4 is 16.5 Å². The Kier molecular flexibility index (Phi) is 8.55. The number of piperidine rings is 1. The Bertz CT molecular complexity index is 558. The van der Waals surface area contributed by atoms with Crippen LogP contribution in [0, 0.1) is 23.7 Å². The summed E-state index contributed by atoms with van der Waals surface area (Å²) in [5.74, 6) is 2.20. The number of hydrazine groups is 1. The highest BCUT2D eigenvalue weighted by atomic mass is 16.2. The van der Waals surface area contributed by atoms with Crippen LogP contribution in [0.15, 0.2) is 0 Å². The molecule has 0 aromatic rings. The van der Waals surface area contributed by atoms with E-state index < -0.39 is 0 Å². The first-order valence-corrected chi connectivity index (χ1v) is 12.3. The number of hydrogen-bond donors (Lipinski definition) is 3. The van der Waals surface area contributed by atoms with Gasteiger partial charge in [0, 0.05) is 63.7 Å². The number of rotatable bonds is 8. The van der Waals surface area contributed by atoms with Gasteiger partial charge in [-0.2, -0.15) is 0 Å². The van der Waals surface area contributed by atoms with Gasteiger partial charge in [0.25, 0.3) is 0 Å². The van der Waals surface area contributed by atoms with E-state index in [-0.39, 0.29) is 12.1 Å². The van der Waals surface area contributed by atoms with Gasteiger partial charge >= 0.3 is 0 Å². The highest BCUT2D eigenvalue weighted by molar-refractivity contribution is 5.79. The highest BCUT2D eigenvalue weighted by Gasteiger charge is 2.49. The van der Waals surface area contributed by atoms with Crippen molar-refractivity contribution < 1.29 is 4.79 Å². The van der Waals surface area contributed by atoms with Crippen molar-refractivity contribution >= 4 is 5.91 Å². The second-order valence-corrected chi connectivity index (χ2v) is 10.3. The molecule has 1 amide bonds. The maximum Gasteiger partial charge on any atom is 0.225 e. The summed E-state index contributed by atoms with van der Waals surface area (Å²) in [5, 5.41) is 6.38. The number of hydrogen-bond acceptors (Lipinski definition) is 6. The fourth-order valence-electron chi connectivity index (χ4n) is 6.10. The van der Waals surface area contributed by atoms with Gasteiger partial charge in [-0.25, -0.2) is 5.01 Å². The minimum absolute atomic E-state index is 0.114. The lowest BCUT2D eigenvalue weighted by Gasteiger charge is -2.46. The Hall–Kier alpha value is -0.730. The minimum Gasteiger partial charge on any atom is -0.346 e. The van der Waals surface area contributed by atoms with Crippen molar-refractivity contribution in [2.75, 3.05) is 46.8 Å². The average Bonchev–Trinajstić information content (AvgIpc) is 3.16. The molecular weight excluding hydrogens is 376 g/mol. The monoisotopic (exact) mass is 422 g/mol. The van der Waals surface area contributed by atoms with Crippen molar-refractivity contribution in [3.05, 3.63) is 0 Å². The molecule has 7 nitrogen and oxygen atoms in total. The molecule has 3 rings (SSSR count). The van der Waals surface area contributed by atoms with Gasteiger partial charge in [-0.05, 0) is 65.3 Å². The van der Waals surface area contributed by atoms with Crippen LogP contribution in [0.1, 0.15) is 52.9 Å². The lowest BCUT2D eigenvalue weighted by molar-refractivity contribution is -0.138. The molecule has 0 spiro atoms. The third-order valence-electron chi connectivity index (χ3n) is 7.82. The molecule has 2 aliphatic heterocycles. The van der Waals surface area contributed by atoms with E-state index in [0.717, 1.165) is 45.1 Å². The molecular formula is C23H46N6O. The van der Waals surface area contributed by atoms with Crippen molar-refractivity contribution in [1.29, 1.82) is 0 Å². The SMILES string of the molecule is CCN(C)C(=O)C1CC(C2CCCC(CN(C)CCN)C2)NC2C1CNN2C(C)C. The predicted molar refractivity (Wildman–Crippen MR) is 123 cm³/mol. The second-order valence-electron chi connectivity index (χ2n) is 10.3. The van der Waals surface area contributed by atoms with Crippen molar-refractivity contribution in [3.8, 4) is 0 Å². The van der Waals surface area contributed by atoms with E-state index in [0.29, 0.717) is 29.8 Å². The zero-order chi connectivity index (χ0) is 21.8. The smallest absolute Gasteiger partial charge is 0.225 e. The van der Waals surface area contributed by atoms with E-state index in [1.54, 1.807) is 0 Å². The zero-order valence-corrected chi connectivity index (χ0v) is 19.9. The van der Waals surface area contributed by atoms with E-state index in [4.69, 9.17) is 5.73 Å². The maximum atomic E-state index is 13.3. The lowest BCUT2D eigenvalue weighted by atomic mass is 9.71. The molecule has 0 aromatic heterocycles. The summed E-state index contributed by atoms with van der Waals surface area (Å²) in [7, 11) is 4.15. The summed E-state index contributed by atoms with van der Waals surface area (Å²) in [6, 6.07) is 0.837. The summed E-state index contributed by atoms with van der Waals surface area (Å²) in [6.45, 7) is 11.1. The molecule has 7 heteroatoms. The van der Waals surface area contributed by atoms with Crippen LogP contribution in [0.5, 0.6) is 0 Å². The van der Waals surface area contributed by atoms with Crippen LogP contribution in [-0.4, -0.2) is 85.8 Å². The van der Waals surface area contributed by atoms with Gasteiger partial charge in [0.05, 0.1) is 6.17 Å². The number of fused-ring (bicyclic) bond motifs is 1. The molecule has 174 valence electrons. The second kappa shape index (κ2) is 10.7. The predicted octanol–water partition coefficient (Wildman–Crippen LogP) is 1.31. The molecule has 6 atom stereocenters. The van der Waals surface area contributed by atoms with Gasteiger partial charge < -0.3 is 15.5 Å². The van der Waals surface area contributed by atoms with E-state index in [1.807, 2.05) is 11.9 Å². The summed E-state index contributed by atoms with van der Waals surface area (Å²) in [5.41, 5.74) is 9.34. The van der Waals surface area contributed by atoms with Crippen LogP contribution in [-0.2, 0) is 4.79 Å². The standard InChI is InChI=1S/C23H46N6O/c1-6-28(5)23(30)19-13-21(26-22-20(19)14-25-29(22)16(2)3)18-9-7-8-17(12-18)15-27(4)11-10-24/h16-22,25-26H,6-15,24H2,1-5H3. The third-order valence-corrected chi connectivity index (χ3v) is 7.82. The van der Waals surface area contributed by atoms with Crippen LogP contribution >= 0.6 is 0 Å². The largest absolute Gasteiger partial charge is 0.346 e. The fourth-order valence-corrected chi connectivity index (χ4v) is 6.10. The van der Waals surface area contributed by atoms with Gasteiger partial charge in [0.2, 0.25) is 5.91 Å². The number of nitrogens with zero attached hydrogens (tertiary/aromatic N) is 3. The molecule has 1 aliphatic carbocycles. The van der Waals surface area contributed by atoms with Gasteiger partial charge in [-0.1, -0.05) is 6.42 Å². The fraction of sp³-hybridized carbons (Fsp3) is 0.957. The van der Waals surface area contributed by atoms with Crippen LogP contribution in [0.4, 0.5) is 0 Å². The maximum absolute atomic E-state index is 13.3. The highest BCUT2D eigenvalue weighted by Crippen LogP contribution is 2.40. The quantitative estimate of drug-likeness (QED) is 0.548. The van der Waals surface area contributed by atoms with Crippen molar-refractivity contribution in [2.45, 2.75) is 71.1 Å². The molecule has 4 N–H and O–H groups in total. The molecule has 3 fully saturated rings. The van der Waals surface area contributed by atoms with Crippen LogP contribution in [0.3, 0.4) is 0 Å². The molecule has 6 unspecified atom stereocenters.